The monoisotopic (exact) mass is 248 g/mol. The Morgan fingerprint density at radius 2 is 2.17 bits per heavy atom. The number of hydrogen-bond donors (Lipinski definition) is 2. The molecule has 0 spiro atoms. The van der Waals surface area contributed by atoms with Crippen molar-refractivity contribution in [3.05, 3.63) is 22.9 Å². The van der Waals surface area contributed by atoms with Gasteiger partial charge in [0.2, 0.25) is 0 Å². The van der Waals surface area contributed by atoms with E-state index in [0.717, 1.165) is 22.6 Å². The summed E-state index contributed by atoms with van der Waals surface area (Å²) in [6, 6.07) is 2.47. The van der Waals surface area contributed by atoms with Gasteiger partial charge in [-0.3, -0.25) is 0 Å². The molecular formula is C13H20N4O. The van der Waals surface area contributed by atoms with Crippen LogP contribution in [0.3, 0.4) is 0 Å². The van der Waals surface area contributed by atoms with E-state index in [0.29, 0.717) is 6.04 Å². The summed E-state index contributed by atoms with van der Waals surface area (Å²) in [5.41, 5.74) is 8.44. The number of hydrogen-bond acceptors (Lipinski definition) is 4. The van der Waals surface area contributed by atoms with Crippen molar-refractivity contribution in [2.75, 3.05) is 11.9 Å². The zero-order valence-corrected chi connectivity index (χ0v) is 11.1. The molecule has 1 aliphatic rings. The van der Waals surface area contributed by atoms with Gasteiger partial charge in [0, 0.05) is 18.8 Å². The van der Waals surface area contributed by atoms with Gasteiger partial charge in [-0.05, 0) is 44.7 Å². The largest absolute Gasteiger partial charge is 0.409 e. The summed E-state index contributed by atoms with van der Waals surface area (Å²) in [7, 11) is 2.03. The van der Waals surface area contributed by atoms with E-state index >= 15 is 0 Å². The summed E-state index contributed by atoms with van der Waals surface area (Å²) in [6.45, 7) is 3.92. The lowest BCUT2D eigenvalue weighted by molar-refractivity contribution is 0.318. The van der Waals surface area contributed by atoms with Gasteiger partial charge in [-0.15, -0.1) is 0 Å². The minimum atomic E-state index is 0.126. The summed E-state index contributed by atoms with van der Waals surface area (Å²) >= 11 is 0. The van der Waals surface area contributed by atoms with Crippen molar-refractivity contribution in [3.8, 4) is 0 Å². The number of nitrogens with two attached hydrogens (primary N) is 1. The maximum atomic E-state index is 8.91. The Bertz CT molecular complexity index is 480. The summed E-state index contributed by atoms with van der Waals surface area (Å²) in [6.07, 6.45) is 3.63. The number of aromatic nitrogens is 1. The van der Waals surface area contributed by atoms with Gasteiger partial charge < -0.3 is 15.8 Å². The quantitative estimate of drug-likeness (QED) is 0.370. The fourth-order valence-corrected chi connectivity index (χ4v) is 2.39. The second-order valence-corrected chi connectivity index (χ2v) is 4.96. The van der Waals surface area contributed by atoms with Crippen molar-refractivity contribution in [2.24, 2.45) is 10.9 Å². The standard InChI is InChI=1S/C13H20N4O/c1-8-7-9(2)15-13(11(8)12(14)16-18)17(3)10-5-4-6-10/h7,10,18H,4-6H2,1-3H3,(H2,14,16). The Balaban J connectivity index is 2.49. The lowest BCUT2D eigenvalue weighted by atomic mass is 9.91. The first-order valence-corrected chi connectivity index (χ1v) is 6.23. The molecule has 2 rings (SSSR count). The second kappa shape index (κ2) is 4.84. The van der Waals surface area contributed by atoms with Crippen LogP contribution in [0, 0.1) is 13.8 Å². The molecule has 3 N–H and O–H groups in total. The number of rotatable bonds is 3. The van der Waals surface area contributed by atoms with E-state index in [9.17, 15) is 0 Å². The predicted octanol–water partition coefficient (Wildman–Crippen LogP) is 1.78. The number of aryl methyl sites for hydroxylation is 2. The van der Waals surface area contributed by atoms with E-state index < -0.39 is 0 Å². The molecule has 0 aliphatic heterocycles. The SMILES string of the molecule is Cc1cc(C)c(/C(N)=N/O)c(N(C)C2CCC2)n1. The number of nitrogens with zero attached hydrogens (tertiary/aromatic N) is 3. The van der Waals surface area contributed by atoms with Crippen LogP contribution in [0.25, 0.3) is 0 Å². The minimum Gasteiger partial charge on any atom is -0.409 e. The maximum Gasteiger partial charge on any atom is 0.174 e. The molecule has 0 aromatic carbocycles. The van der Waals surface area contributed by atoms with Crippen molar-refractivity contribution >= 4 is 11.7 Å². The van der Waals surface area contributed by atoms with Crippen molar-refractivity contribution in [2.45, 2.75) is 39.2 Å². The Labute approximate surface area is 107 Å². The lowest BCUT2D eigenvalue weighted by Gasteiger charge is -2.36. The maximum absolute atomic E-state index is 8.91. The Kier molecular flexibility index (Phi) is 3.41. The highest BCUT2D eigenvalue weighted by Gasteiger charge is 2.26. The third-order valence-electron chi connectivity index (χ3n) is 3.65. The minimum absolute atomic E-state index is 0.126. The predicted molar refractivity (Wildman–Crippen MR) is 72.3 cm³/mol. The Hall–Kier alpha value is -1.78. The van der Waals surface area contributed by atoms with Gasteiger partial charge in [-0.25, -0.2) is 4.98 Å². The van der Waals surface area contributed by atoms with Crippen LogP contribution in [0.4, 0.5) is 5.82 Å². The Morgan fingerprint density at radius 3 is 2.67 bits per heavy atom. The zero-order chi connectivity index (χ0) is 13.3. The van der Waals surface area contributed by atoms with Gasteiger partial charge in [-0.2, -0.15) is 0 Å². The molecule has 0 saturated heterocycles. The third-order valence-corrected chi connectivity index (χ3v) is 3.65. The van der Waals surface area contributed by atoms with Gasteiger partial charge in [0.25, 0.3) is 0 Å². The van der Waals surface area contributed by atoms with Crippen molar-refractivity contribution < 1.29 is 5.21 Å². The number of pyridine rings is 1. The smallest absolute Gasteiger partial charge is 0.174 e. The van der Waals surface area contributed by atoms with Gasteiger partial charge >= 0.3 is 0 Å². The zero-order valence-electron chi connectivity index (χ0n) is 11.1. The molecule has 5 nitrogen and oxygen atoms in total. The lowest BCUT2D eigenvalue weighted by Crippen LogP contribution is -2.39. The van der Waals surface area contributed by atoms with E-state index in [4.69, 9.17) is 10.9 Å². The average molecular weight is 248 g/mol. The van der Waals surface area contributed by atoms with Crippen molar-refractivity contribution in [1.82, 2.24) is 4.98 Å². The van der Waals surface area contributed by atoms with Crippen LogP contribution in [0.1, 0.15) is 36.1 Å². The summed E-state index contributed by atoms with van der Waals surface area (Å²) in [4.78, 5) is 6.71. The van der Waals surface area contributed by atoms with Crippen molar-refractivity contribution in [3.63, 3.8) is 0 Å². The topological polar surface area (TPSA) is 74.7 Å². The first kappa shape index (κ1) is 12.7. The number of anilines is 1. The summed E-state index contributed by atoms with van der Waals surface area (Å²) < 4.78 is 0. The molecule has 5 heteroatoms. The molecule has 0 atom stereocenters. The number of oxime groups is 1. The number of amidine groups is 1. The summed E-state index contributed by atoms with van der Waals surface area (Å²) in [5.74, 6) is 0.939. The van der Waals surface area contributed by atoms with E-state index in [-0.39, 0.29) is 5.84 Å². The first-order chi connectivity index (χ1) is 8.54. The molecule has 1 heterocycles. The molecule has 0 radical (unpaired) electrons. The molecule has 1 fully saturated rings. The van der Waals surface area contributed by atoms with Gasteiger partial charge in [0.15, 0.2) is 5.84 Å². The van der Waals surface area contributed by atoms with Crippen molar-refractivity contribution in [1.29, 1.82) is 0 Å². The molecule has 0 amide bonds. The molecule has 1 aliphatic carbocycles. The van der Waals surface area contributed by atoms with Crippen LogP contribution in [0.15, 0.2) is 11.2 Å². The Morgan fingerprint density at radius 1 is 1.50 bits per heavy atom. The van der Waals surface area contributed by atoms with Gasteiger partial charge in [0.05, 0.1) is 5.56 Å². The van der Waals surface area contributed by atoms with Crippen LogP contribution in [-0.2, 0) is 0 Å². The van der Waals surface area contributed by atoms with Crippen LogP contribution >= 0.6 is 0 Å². The van der Waals surface area contributed by atoms with E-state index in [1.807, 2.05) is 27.0 Å². The molecule has 0 unspecified atom stereocenters. The highest BCUT2D eigenvalue weighted by molar-refractivity contribution is 6.02. The van der Waals surface area contributed by atoms with E-state index in [2.05, 4.69) is 15.0 Å². The normalized spacial score (nSPS) is 16.5. The first-order valence-electron chi connectivity index (χ1n) is 6.23. The highest BCUT2D eigenvalue weighted by Crippen LogP contribution is 2.30. The van der Waals surface area contributed by atoms with Gasteiger partial charge in [-0.1, -0.05) is 5.16 Å². The van der Waals surface area contributed by atoms with Crippen LogP contribution in [-0.4, -0.2) is 29.1 Å². The average Bonchev–Trinajstić information content (AvgIpc) is 2.24. The van der Waals surface area contributed by atoms with Crippen LogP contribution in [0.2, 0.25) is 0 Å². The molecule has 98 valence electrons. The second-order valence-electron chi connectivity index (χ2n) is 4.96. The molecule has 0 bridgehead atoms. The van der Waals surface area contributed by atoms with Gasteiger partial charge in [0.1, 0.15) is 5.82 Å². The molecular weight excluding hydrogens is 228 g/mol. The molecule has 1 saturated carbocycles. The molecule has 1 aromatic heterocycles. The molecule has 1 aromatic rings. The van der Waals surface area contributed by atoms with Crippen LogP contribution < -0.4 is 10.6 Å². The van der Waals surface area contributed by atoms with E-state index in [1.165, 1.54) is 19.3 Å². The molecule has 18 heavy (non-hydrogen) atoms. The third kappa shape index (κ3) is 2.12. The summed E-state index contributed by atoms with van der Waals surface area (Å²) in [5, 5.41) is 12.0. The fraction of sp³-hybridized carbons (Fsp3) is 0.538. The van der Waals surface area contributed by atoms with E-state index in [1.54, 1.807) is 0 Å². The highest BCUT2D eigenvalue weighted by atomic mass is 16.4. The fourth-order valence-electron chi connectivity index (χ4n) is 2.39. The van der Waals surface area contributed by atoms with Crippen LogP contribution in [0.5, 0.6) is 0 Å².